The van der Waals surface area contributed by atoms with Crippen molar-refractivity contribution >= 4 is 28.5 Å². The second kappa shape index (κ2) is 7.57. The average Bonchev–Trinajstić information content (AvgIpc) is 3.05. The predicted octanol–water partition coefficient (Wildman–Crippen LogP) is 2.91. The van der Waals surface area contributed by atoms with E-state index in [-0.39, 0.29) is 18.2 Å². The van der Waals surface area contributed by atoms with Gasteiger partial charge in [-0.25, -0.2) is 9.97 Å². The van der Waals surface area contributed by atoms with E-state index in [2.05, 4.69) is 20.6 Å². The summed E-state index contributed by atoms with van der Waals surface area (Å²) in [5.74, 6) is 0.472. The van der Waals surface area contributed by atoms with E-state index in [1.807, 2.05) is 55.7 Å². The molecule has 0 aliphatic heterocycles. The van der Waals surface area contributed by atoms with E-state index in [1.165, 1.54) is 0 Å². The molecule has 140 valence electrons. The molecule has 0 bridgehead atoms. The lowest BCUT2D eigenvalue weighted by Gasteiger charge is -2.17. The summed E-state index contributed by atoms with van der Waals surface area (Å²) >= 11 is 0. The highest BCUT2D eigenvalue weighted by atomic mass is 16.2. The quantitative estimate of drug-likeness (QED) is 0.728. The molecule has 0 radical (unpaired) electrons. The molecule has 0 atom stereocenters. The van der Waals surface area contributed by atoms with Crippen molar-refractivity contribution in [2.24, 2.45) is 5.41 Å². The van der Waals surface area contributed by atoms with Gasteiger partial charge in [0.05, 0.1) is 22.9 Å². The number of amides is 2. The van der Waals surface area contributed by atoms with Crippen LogP contribution in [0.3, 0.4) is 0 Å². The number of carbonyl (C=O) groups is 2. The van der Waals surface area contributed by atoms with Crippen LogP contribution in [-0.4, -0.2) is 32.9 Å². The third-order valence-corrected chi connectivity index (χ3v) is 4.05. The third kappa shape index (κ3) is 4.49. The van der Waals surface area contributed by atoms with Crippen LogP contribution in [0.25, 0.3) is 16.9 Å². The minimum absolute atomic E-state index is 0.0751. The van der Waals surface area contributed by atoms with Crippen LogP contribution in [0.4, 0.5) is 5.69 Å². The molecule has 2 aromatic heterocycles. The summed E-state index contributed by atoms with van der Waals surface area (Å²) in [6, 6.07) is 11.4. The van der Waals surface area contributed by atoms with E-state index in [1.54, 1.807) is 18.6 Å². The summed E-state index contributed by atoms with van der Waals surface area (Å²) in [4.78, 5) is 32.6. The number of hydrogen-bond donors (Lipinski definition) is 2. The number of nitrogens with zero attached hydrogens (tertiary/aromatic N) is 3. The SMILES string of the molecule is CC(C)(C)C(=O)NCCC(=O)Nc1ccc(-n2cnc3ccccc32)nc1. The van der Waals surface area contributed by atoms with Gasteiger partial charge in [-0.05, 0) is 24.3 Å². The van der Waals surface area contributed by atoms with Gasteiger partial charge in [0.2, 0.25) is 11.8 Å². The summed E-state index contributed by atoms with van der Waals surface area (Å²) in [7, 11) is 0. The number of anilines is 1. The molecule has 0 fully saturated rings. The molecule has 0 unspecified atom stereocenters. The molecule has 2 heterocycles. The van der Waals surface area contributed by atoms with E-state index in [0.717, 1.165) is 16.9 Å². The van der Waals surface area contributed by atoms with Crippen molar-refractivity contribution < 1.29 is 9.59 Å². The average molecular weight is 365 g/mol. The third-order valence-electron chi connectivity index (χ3n) is 4.05. The molecular formula is C20H23N5O2. The summed E-state index contributed by atoms with van der Waals surface area (Å²) in [5.41, 5.74) is 2.01. The molecule has 7 nitrogen and oxygen atoms in total. The lowest BCUT2D eigenvalue weighted by Crippen LogP contribution is -2.36. The molecule has 0 aliphatic carbocycles. The molecule has 1 aromatic carbocycles. The van der Waals surface area contributed by atoms with Gasteiger partial charge in [0.15, 0.2) is 0 Å². The smallest absolute Gasteiger partial charge is 0.226 e. The lowest BCUT2D eigenvalue weighted by atomic mass is 9.96. The van der Waals surface area contributed by atoms with Gasteiger partial charge in [-0.2, -0.15) is 0 Å². The van der Waals surface area contributed by atoms with Crippen LogP contribution >= 0.6 is 0 Å². The van der Waals surface area contributed by atoms with Crippen molar-refractivity contribution in [2.45, 2.75) is 27.2 Å². The molecule has 0 aliphatic rings. The summed E-state index contributed by atoms with van der Waals surface area (Å²) < 4.78 is 1.89. The number of para-hydroxylation sites is 2. The summed E-state index contributed by atoms with van der Waals surface area (Å²) in [6.45, 7) is 5.80. The number of fused-ring (bicyclic) bond motifs is 1. The second-order valence-electron chi connectivity index (χ2n) is 7.31. The van der Waals surface area contributed by atoms with Crippen LogP contribution in [-0.2, 0) is 9.59 Å². The molecule has 2 N–H and O–H groups in total. The van der Waals surface area contributed by atoms with Gasteiger partial charge in [0.1, 0.15) is 12.1 Å². The Hall–Kier alpha value is -3.22. The van der Waals surface area contributed by atoms with Crippen molar-refractivity contribution in [3.8, 4) is 5.82 Å². The van der Waals surface area contributed by atoms with Gasteiger partial charge in [-0.1, -0.05) is 32.9 Å². The number of pyridine rings is 1. The minimum Gasteiger partial charge on any atom is -0.355 e. The number of imidazole rings is 1. The molecule has 0 saturated carbocycles. The van der Waals surface area contributed by atoms with Crippen LogP contribution in [0.5, 0.6) is 0 Å². The normalized spacial score (nSPS) is 11.4. The lowest BCUT2D eigenvalue weighted by molar-refractivity contribution is -0.128. The highest BCUT2D eigenvalue weighted by Gasteiger charge is 2.20. The van der Waals surface area contributed by atoms with Gasteiger partial charge in [-0.15, -0.1) is 0 Å². The van der Waals surface area contributed by atoms with Crippen molar-refractivity contribution in [2.75, 3.05) is 11.9 Å². The molecule has 0 spiro atoms. The van der Waals surface area contributed by atoms with Crippen LogP contribution in [0, 0.1) is 5.41 Å². The molecule has 0 saturated heterocycles. The zero-order chi connectivity index (χ0) is 19.4. The maximum atomic E-state index is 12.0. The highest BCUT2D eigenvalue weighted by molar-refractivity contribution is 5.91. The Balaban J connectivity index is 1.58. The first-order valence-electron chi connectivity index (χ1n) is 8.81. The Morgan fingerprint density at radius 2 is 1.85 bits per heavy atom. The number of aromatic nitrogens is 3. The Labute approximate surface area is 157 Å². The Morgan fingerprint density at radius 3 is 2.56 bits per heavy atom. The fourth-order valence-electron chi connectivity index (χ4n) is 2.52. The molecule has 3 aromatic rings. The van der Waals surface area contributed by atoms with Crippen LogP contribution in [0.2, 0.25) is 0 Å². The van der Waals surface area contributed by atoms with Gasteiger partial charge in [-0.3, -0.25) is 14.2 Å². The van der Waals surface area contributed by atoms with Crippen molar-refractivity contribution in [1.82, 2.24) is 19.9 Å². The van der Waals surface area contributed by atoms with Crippen LogP contribution in [0.15, 0.2) is 48.9 Å². The number of nitrogens with one attached hydrogen (secondary N) is 2. The zero-order valence-electron chi connectivity index (χ0n) is 15.7. The first-order chi connectivity index (χ1) is 12.8. The monoisotopic (exact) mass is 365 g/mol. The standard InChI is InChI=1S/C20H23N5O2/c1-20(2,3)19(27)21-11-10-18(26)24-14-8-9-17(22-12-14)25-13-23-15-6-4-5-7-16(15)25/h4-9,12-13H,10-11H2,1-3H3,(H,21,27)(H,24,26). The van der Waals surface area contributed by atoms with Crippen molar-refractivity contribution in [3.05, 3.63) is 48.9 Å². The van der Waals surface area contributed by atoms with Crippen LogP contribution < -0.4 is 10.6 Å². The molecule has 2 amide bonds. The first-order valence-corrected chi connectivity index (χ1v) is 8.81. The minimum atomic E-state index is -0.465. The number of rotatable bonds is 5. The Morgan fingerprint density at radius 1 is 1.07 bits per heavy atom. The number of hydrogen-bond acceptors (Lipinski definition) is 4. The molecular weight excluding hydrogens is 342 g/mol. The fourth-order valence-corrected chi connectivity index (χ4v) is 2.52. The largest absolute Gasteiger partial charge is 0.355 e. The van der Waals surface area contributed by atoms with E-state index < -0.39 is 5.41 Å². The zero-order valence-corrected chi connectivity index (χ0v) is 15.7. The van der Waals surface area contributed by atoms with Crippen LogP contribution in [0.1, 0.15) is 27.2 Å². The maximum Gasteiger partial charge on any atom is 0.226 e. The van der Waals surface area contributed by atoms with Gasteiger partial charge in [0, 0.05) is 18.4 Å². The van der Waals surface area contributed by atoms with E-state index >= 15 is 0 Å². The van der Waals surface area contributed by atoms with Crippen molar-refractivity contribution in [1.29, 1.82) is 0 Å². The summed E-state index contributed by atoms with van der Waals surface area (Å²) in [6.07, 6.45) is 3.54. The van der Waals surface area contributed by atoms with Gasteiger partial charge in [0.25, 0.3) is 0 Å². The van der Waals surface area contributed by atoms with Gasteiger partial charge < -0.3 is 10.6 Å². The first kappa shape index (κ1) is 18.6. The number of benzene rings is 1. The predicted molar refractivity (Wildman–Crippen MR) is 105 cm³/mol. The Bertz CT molecular complexity index is 954. The van der Waals surface area contributed by atoms with Gasteiger partial charge >= 0.3 is 0 Å². The summed E-state index contributed by atoms with van der Waals surface area (Å²) in [5, 5.41) is 5.54. The van der Waals surface area contributed by atoms with E-state index in [0.29, 0.717) is 12.2 Å². The molecule has 27 heavy (non-hydrogen) atoms. The molecule has 3 rings (SSSR count). The fraction of sp³-hybridized carbons (Fsp3) is 0.300. The maximum absolute atomic E-state index is 12.0. The molecule has 7 heteroatoms. The highest BCUT2D eigenvalue weighted by Crippen LogP contribution is 2.17. The van der Waals surface area contributed by atoms with E-state index in [4.69, 9.17) is 0 Å². The number of carbonyl (C=O) groups excluding carboxylic acids is 2. The topological polar surface area (TPSA) is 88.9 Å². The van der Waals surface area contributed by atoms with E-state index in [9.17, 15) is 9.59 Å². The second-order valence-corrected chi connectivity index (χ2v) is 7.31. The van der Waals surface area contributed by atoms with Crippen molar-refractivity contribution in [3.63, 3.8) is 0 Å². The Kier molecular flexibility index (Phi) is 5.21.